The van der Waals surface area contributed by atoms with Crippen LogP contribution in [0.2, 0.25) is 0 Å². The van der Waals surface area contributed by atoms with Gasteiger partial charge in [-0.3, -0.25) is 4.68 Å². The summed E-state index contributed by atoms with van der Waals surface area (Å²) >= 11 is 0. The third-order valence-electron chi connectivity index (χ3n) is 3.37. The molecular formula is C10H15N3. The Bertz CT molecular complexity index is 318. The molecule has 0 aromatic carbocycles. The van der Waals surface area contributed by atoms with Gasteiger partial charge in [0.2, 0.25) is 0 Å². The van der Waals surface area contributed by atoms with E-state index in [0.29, 0.717) is 6.04 Å². The van der Waals surface area contributed by atoms with E-state index < -0.39 is 0 Å². The van der Waals surface area contributed by atoms with Crippen molar-refractivity contribution in [2.45, 2.75) is 19.4 Å². The fourth-order valence-electron chi connectivity index (χ4n) is 2.67. The van der Waals surface area contributed by atoms with Crippen molar-refractivity contribution < 1.29 is 0 Å². The Hall–Kier alpha value is -0.830. The molecule has 3 heteroatoms. The van der Waals surface area contributed by atoms with E-state index in [1.165, 1.54) is 31.6 Å². The van der Waals surface area contributed by atoms with Gasteiger partial charge in [-0.15, -0.1) is 0 Å². The van der Waals surface area contributed by atoms with E-state index in [1.54, 1.807) is 0 Å². The molecule has 1 aromatic rings. The molecule has 3 atom stereocenters. The lowest BCUT2D eigenvalue weighted by molar-refractivity contribution is 0.285. The Balaban J connectivity index is 1.87. The number of rotatable bonds is 1. The highest BCUT2D eigenvalue weighted by molar-refractivity contribution is 5.03. The smallest absolute Gasteiger partial charge is 0.0686 e. The third-order valence-corrected chi connectivity index (χ3v) is 3.37. The summed E-state index contributed by atoms with van der Waals surface area (Å²) in [5.74, 6) is 0.860. The summed E-state index contributed by atoms with van der Waals surface area (Å²) in [5.41, 5.74) is 1.28. The first-order valence-electron chi connectivity index (χ1n) is 5.06. The molecule has 3 nitrogen and oxygen atoms in total. The van der Waals surface area contributed by atoms with Crippen molar-refractivity contribution in [3.63, 3.8) is 0 Å². The molecule has 70 valence electrons. The van der Waals surface area contributed by atoms with Crippen molar-refractivity contribution in [3.8, 4) is 0 Å². The monoisotopic (exact) mass is 177 g/mol. The number of fused-ring (bicyclic) bond motifs is 2. The first kappa shape index (κ1) is 7.56. The molecule has 2 aliphatic rings. The van der Waals surface area contributed by atoms with E-state index in [4.69, 9.17) is 0 Å². The maximum absolute atomic E-state index is 4.41. The molecule has 0 N–H and O–H groups in total. The largest absolute Gasteiger partial charge is 0.301 e. The van der Waals surface area contributed by atoms with Crippen LogP contribution in [0.25, 0.3) is 0 Å². The molecule has 13 heavy (non-hydrogen) atoms. The maximum atomic E-state index is 4.41. The second-order valence-electron chi connectivity index (χ2n) is 4.37. The Morgan fingerprint density at radius 3 is 2.92 bits per heavy atom. The summed E-state index contributed by atoms with van der Waals surface area (Å²) < 4.78 is 2.17. The second-order valence-corrected chi connectivity index (χ2v) is 4.37. The first-order chi connectivity index (χ1) is 6.33. The van der Waals surface area contributed by atoms with Crippen LogP contribution in [0.5, 0.6) is 0 Å². The number of aryl methyl sites for hydroxylation is 1. The number of piperidine rings is 1. The third kappa shape index (κ3) is 1.10. The Morgan fingerprint density at radius 2 is 2.38 bits per heavy atom. The van der Waals surface area contributed by atoms with E-state index in [-0.39, 0.29) is 0 Å². The Labute approximate surface area is 78.3 Å². The minimum Gasteiger partial charge on any atom is -0.301 e. The fraction of sp³-hybridized carbons (Fsp3) is 0.700. The van der Waals surface area contributed by atoms with Gasteiger partial charge in [0.05, 0.1) is 12.2 Å². The first-order valence-corrected chi connectivity index (χ1v) is 5.06. The quantitative estimate of drug-likeness (QED) is 0.639. The van der Waals surface area contributed by atoms with Gasteiger partial charge in [-0.1, -0.05) is 0 Å². The summed E-state index contributed by atoms with van der Waals surface area (Å²) in [7, 11) is 0. The van der Waals surface area contributed by atoms with E-state index in [0.717, 1.165) is 5.92 Å². The molecule has 2 fully saturated rings. The van der Waals surface area contributed by atoms with Crippen LogP contribution in [-0.2, 0) is 0 Å². The van der Waals surface area contributed by atoms with Gasteiger partial charge < -0.3 is 4.90 Å². The summed E-state index contributed by atoms with van der Waals surface area (Å²) in [5, 5.41) is 4.41. The molecule has 2 saturated heterocycles. The van der Waals surface area contributed by atoms with E-state index in [1.807, 2.05) is 6.20 Å². The second kappa shape index (κ2) is 2.58. The van der Waals surface area contributed by atoms with Crippen molar-refractivity contribution in [2.75, 3.05) is 19.6 Å². The number of aromatic nitrogens is 2. The average Bonchev–Trinajstić information content (AvgIpc) is 2.77. The molecule has 0 spiro atoms. The lowest BCUT2D eigenvalue weighted by Gasteiger charge is -2.22. The van der Waals surface area contributed by atoms with Crippen LogP contribution < -0.4 is 0 Å². The van der Waals surface area contributed by atoms with Crippen LogP contribution >= 0.6 is 0 Å². The van der Waals surface area contributed by atoms with Crippen molar-refractivity contribution >= 4 is 0 Å². The van der Waals surface area contributed by atoms with Gasteiger partial charge in [0, 0.05) is 19.3 Å². The minimum absolute atomic E-state index is 0.655. The number of hydrogen-bond acceptors (Lipinski definition) is 2. The van der Waals surface area contributed by atoms with Gasteiger partial charge in [0.25, 0.3) is 0 Å². The zero-order chi connectivity index (χ0) is 8.84. The van der Waals surface area contributed by atoms with Crippen molar-refractivity contribution in [2.24, 2.45) is 5.92 Å². The molecule has 0 saturated carbocycles. The summed E-state index contributed by atoms with van der Waals surface area (Å²) in [6, 6.07) is 0.655. The van der Waals surface area contributed by atoms with Crippen molar-refractivity contribution in [3.05, 3.63) is 18.0 Å². The molecule has 0 radical (unpaired) electrons. The normalized spacial score (nSPS) is 37.2. The molecule has 2 aliphatic heterocycles. The maximum Gasteiger partial charge on any atom is 0.0686 e. The number of hydrogen-bond donors (Lipinski definition) is 0. The summed E-state index contributed by atoms with van der Waals surface area (Å²) in [4.78, 5) is 2.55. The predicted molar refractivity (Wildman–Crippen MR) is 50.5 cm³/mol. The number of nitrogens with zero attached hydrogens (tertiary/aromatic N) is 3. The van der Waals surface area contributed by atoms with Crippen LogP contribution in [0, 0.1) is 12.8 Å². The topological polar surface area (TPSA) is 21.1 Å². The summed E-state index contributed by atoms with van der Waals surface area (Å²) in [6.45, 7) is 5.92. The molecule has 0 amide bonds. The summed E-state index contributed by atoms with van der Waals surface area (Å²) in [6.07, 6.45) is 5.50. The van der Waals surface area contributed by atoms with Gasteiger partial charge in [-0.25, -0.2) is 0 Å². The van der Waals surface area contributed by atoms with Gasteiger partial charge in [0.1, 0.15) is 0 Å². The van der Waals surface area contributed by atoms with E-state index >= 15 is 0 Å². The molecule has 2 bridgehead atoms. The molecule has 2 unspecified atom stereocenters. The molecule has 0 aliphatic carbocycles. The Morgan fingerprint density at radius 1 is 1.46 bits per heavy atom. The zero-order valence-electron chi connectivity index (χ0n) is 7.98. The van der Waals surface area contributed by atoms with Crippen LogP contribution in [-0.4, -0.2) is 34.3 Å². The van der Waals surface area contributed by atoms with Crippen LogP contribution in [0.4, 0.5) is 0 Å². The van der Waals surface area contributed by atoms with Gasteiger partial charge in [-0.2, -0.15) is 5.10 Å². The van der Waals surface area contributed by atoms with Crippen molar-refractivity contribution in [1.82, 2.24) is 14.7 Å². The van der Waals surface area contributed by atoms with E-state index in [2.05, 4.69) is 27.8 Å². The van der Waals surface area contributed by atoms with Gasteiger partial charge >= 0.3 is 0 Å². The van der Waals surface area contributed by atoms with E-state index in [9.17, 15) is 0 Å². The molecular weight excluding hydrogens is 162 g/mol. The SMILES string of the molecule is Cc1cnn(C2CN3CC[C@H]2C3)c1. The van der Waals surface area contributed by atoms with Crippen LogP contribution in [0.3, 0.4) is 0 Å². The fourth-order valence-corrected chi connectivity index (χ4v) is 2.67. The Kier molecular flexibility index (Phi) is 1.50. The lowest BCUT2D eigenvalue weighted by Crippen LogP contribution is -2.26. The molecule has 3 heterocycles. The highest BCUT2D eigenvalue weighted by Gasteiger charge is 2.39. The standard InChI is InChI=1S/C10H15N3/c1-8-4-11-13(5-8)10-7-12-3-2-9(10)6-12/h4-5,9-10H,2-3,6-7H2,1H3/t9-,10?/m0/s1. The average molecular weight is 177 g/mol. The highest BCUT2D eigenvalue weighted by atomic mass is 15.3. The van der Waals surface area contributed by atoms with Gasteiger partial charge in [0.15, 0.2) is 0 Å². The van der Waals surface area contributed by atoms with Crippen LogP contribution in [0.15, 0.2) is 12.4 Å². The molecule has 1 aromatic heterocycles. The lowest BCUT2D eigenvalue weighted by atomic mass is 10.0. The zero-order valence-corrected chi connectivity index (χ0v) is 7.98. The molecule has 3 rings (SSSR count). The van der Waals surface area contributed by atoms with Gasteiger partial charge in [-0.05, 0) is 31.4 Å². The minimum atomic E-state index is 0.655. The highest BCUT2D eigenvalue weighted by Crippen LogP contribution is 2.35. The van der Waals surface area contributed by atoms with Crippen molar-refractivity contribution in [1.29, 1.82) is 0 Å². The predicted octanol–water partition coefficient (Wildman–Crippen LogP) is 1.07. The van der Waals surface area contributed by atoms with Crippen LogP contribution in [0.1, 0.15) is 18.0 Å².